The molecule has 0 amide bonds. The Labute approximate surface area is 55.7 Å². The molecule has 0 saturated carbocycles. The van der Waals surface area contributed by atoms with Crippen molar-refractivity contribution in [2.24, 2.45) is 0 Å². The summed E-state index contributed by atoms with van der Waals surface area (Å²) in [6.07, 6.45) is -0.611. The predicted octanol–water partition coefficient (Wildman–Crippen LogP) is -0.662. The van der Waals surface area contributed by atoms with Gasteiger partial charge in [-0.2, -0.15) is 0 Å². The number of hydrogen-bond donors (Lipinski definition) is 3. The van der Waals surface area contributed by atoms with E-state index in [9.17, 15) is 0 Å². The molecule has 56 valence electrons. The van der Waals surface area contributed by atoms with Crippen molar-refractivity contribution in [3.05, 3.63) is 0 Å². The molecule has 0 saturated heterocycles. The Morgan fingerprint density at radius 3 is 2.22 bits per heavy atom. The van der Waals surface area contributed by atoms with Crippen LogP contribution in [0.2, 0.25) is 0 Å². The van der Waals surface area contributed by atoms with Crippen molar-refractivity contribution in [3.8, 4) is 0 Å². The summed E-state index contributed by atoms with van der Waals surface area (Å²) in [5.41, 5.74) is 0. The number of aliphatic hydroxyl groups is 2. The van der Waals surface area contributed by atoms with E-state index in [-0.39, 0.29) is 0 Å². The summed E-state index contributed by atoms with van der Waals surface area (Å²) in [6.45, 7) is 2.29. The first-order valence-corrected chi connectivity index (χ1v) is 3.23. The van der Waals surface area contributed by atoms with Crippen LogP contribution in [0.15, 0.2) is 0 Å². The van der Waals surface area contributed by atoms with Crippen LogP contribution in [0, 0.1) is 0 Å². The van der Waals surface area contributed by atoms with Crippen LogP contribution in [0.3, 0.4) is 0 Å². The molecule has 0 fully saturated rings. The Bertz CT molecular complexity index is 68.1. The lowest BCUT2D eigenvalue weighted by Crippen LogP contribution is -2.34. The van der Waals surface area contributed by atoms with Crippen molar-refractivity contribution in [3.63, 3.8) is 0 Å². The highest BCUT2D eigenvalue weighted by Crippen LogP contribution is 1.95. The topological polar surface area (TPSA) is 52.5 Å². The third-order valence-electron chi connectivity index (χ3n) is 1.28. The average Bonchev–Trinajstić information content (AvgIpc) is 1.87. The SMILES string of the molecule is CC[C@@H](O)C(O)CNC. The number of aliphatic hydroxyl groups excluding tert-OH is 2. The molecule has 1 unspecified atom stereocenters. The van der Waals surface area contributed by atoms with E-state index in [1.54, 1.807) is 7.05 Å². The van der Waals surface area contributed by atoms with Crippen LogP contribution in [0.4, 0.5) is 0 Å². The molecular formula is C6H15NO2. The minimum atomic E-state index is -0.625. The Hall–Kier alpha value is -0.120. The second-order valence-electron chi connectivity index (χ2n) is 2.10. The number of rotatable bonds is 4. The van der Waals surface area contributed by atoms with Gasteiger partial charge in [0.15, 0.2) is 0 Å². The lowest BCUT2D eigenvalue weighted by molar-refractivity contribution is 0.0194. The molecule has 0 aliphatic rings. The minimum absolute atomic E-state index is 0.453. The molecule has 0 aromatic heterocycles. The number of nitrogens with one attached hydrogen (secondary N) is 1. The van der Waals surface area contributed by atoms with Crippen LogP contribution < -0.4 is 5.32 Å². The van der Waals surface area contributed by atoms with E-state index in [2.05, 4.69) is 5.32 Å². The maximum absolute atomic E-state index is 9.01. The van der Waals surface area contributed by atoms with Gasteiger partial charge in [-0.15, -0.1) is 0 Å². The van der Waals surface area contributed by atoms with Crippen molar-refractivity contribution in [2.45, 2.75) is 25.6 Å². The summed E-state index contributed by atoms with van der Waals surface area (Å²) in [6, 6.07) is 0. The molecule has 3 heteroatoms. The van der Waals surface area contributed by atoms with Gasteiger partial charge < -0.3 is 15.5 Å². The standard InChI is InChI=1S/C6H15NO2/c1-3-5(8)6(9)4-7-2/h5-9H,3-4H2,1-2H3/t5-,6?/m1/s1. The van der Waals surface area contributed by atoms with Crippen LogP contribution >= 0.6 is 0 Å². The van der Waals surface area contributed by atoms with Gasteiger partial charge in [-0.3, -0.25) is 0 Å². The molecule has 0 spiro atoms. The lowest BCUT2D eigenvalue weighted by Gasteiger charge is -2.14. The van der Waals surface area contributed by atoms with E-state index in [0.29, 0.717) is 13.0 Å². The van der Waals surface area contributed by atoms with Crippen molar-refractivity contribution in [1.82, 2.24) is 5.32 Å². The number of likely N-dealkylation sites (N-methyl/N-ethyl adjacent to an activating group) is 1. The summed E-state index contributed by atoms with van der Waals surface area (Å²) < 4.78 is 0. The third-order valence-corrected chi connectivity index (χ3v) is 1.28. The van der Waals surface area contributed by atoms with E-state index in [1.807, 2.05) is 6.92 Å². The molecule has 2 atom stereocenters. The first kappa shape index (κ1) is 8.88. The fourth-order valence-electron chi connectivity index (χ4n) is 0.617. The maximum Gasteiger partial charge on any atom is 0.0922 e. The second-order valence-corrected chi connectivity index (χ2v) is 2.10. The highest BCUT2D eigenvalue weighted by molar-refractivity contribution is 4.66. The van der Waals surface area contributed by atoms with Crippen LogP contribution in [0.5, 0.6) is 0 Å². The van der Waals surface area contributed by atoms with Gasteiger partial charge in [-0.1, -0.05) is 6.92 Å². The Balaban J connectivity index is 3.32. The zero-order chi connectivity index (χ0) is 7.28. The highest BCUT2D eigenvalue weighted by Gasteiger charge is 2.11. The van der Waals surface area contributed by atoms with Gasteiger partial charge in [0.05, 0.1) is 12.2 Å². The van der Waals surface area contributed by atoms with Gasteiger partial charge in [0.1, 0.15) is 0 Å². The Kier molecular flexibility index (Phi) is 4.67. The van der Waals surface area contributed by atoms with Gasteiger partial charge in [0.2, 0.25) is 0 Å². The molecule has 0 radical (unpaired) electrons. The van der Waals surface area contributed by atoms with Crippen LogP contribution in [0.25, 0.3) is 0 Å². The molecule has 0 aliphatic heterocycles. The zero-order valence-corrected chi connectivity index (χ0v) is 5.96. The second kappa shape index (κ2) is 4.73. The maximum atomic E-state index is 9.01. The lowest BCUT2D eigenvalue weighted by atomic mass is 10.1. The van der Waals surface area contributed by atoms with E-state index in [4.69, 9.17) is 10.2 Å². The van der Waals surface area contributed by atoms with Crippen molar-refractivity contribution >= 4 is 0 Å². The van der Waals surface area contributed by atoms with E-state index >= 15 is 0 Å². The van der Waals surface area contributed by atoms with E-state index in [1.165, 1.54) is 0 Å². The molecular weight excluding hydrogens is 118 g/mol. The smallest absolute Gasteiger partial charge is 0.0922 e. The van der Waals surface area contributed by atoms with Crippen LogP contribution in [0.1, 0.15) is 13.3 Å². The monoisotopic (exact) mass is 133 g/mol. The van der Waals surface area contributed by atoms with Crippen molar-refractivity contribution < 1.29 is 10.2 Å². The molecule has 9 heavy (non-hydrogen) atoms. The van der Waals surface area contributed by atoms with Gasteiger partial charge >= 0.3 is 0 Å². The fourth-order valence-corrected chi connectivity index (χ4v) is 0.617. The van der Waals surface area contributed by atoms with Crippen LogP contribution in [-0.4, -0.2) is 36.0 Å². The molecule has 3 N–H and O–H groups in total. The van der Waals surface area contributed by atoms with E-state index in [0.717, 1.165) is 0 Å². The molecule has 3 nitrogen and oxygen atoms in total. The normalized spacial score (nSPS) is 17.3. The molecule has 0 rings (SSSR count). The molecule has 0 aromatic carbocycles. The average molecular weight is 133 g/mol. The summed E-state index contributed by atoms with van der Waals surface area (Å²) in [5.74, 6) is 0. The first-order valence-electron chi connectivity index (χ1n) is 3.23. The minimum Gasteiger partial charge on any atom is -0.390 e. The quantitative estimate of drug-likeness (QED) is 0.477. The largest absolute Gasteiger partial charge is 0.390 e. The number of hydrogen-bond acceptors (Lipinski definition) is 3. The molecule has 0 aromatic rings. The summed E-state index contributed by atoms with van der Waals surface area (Å²) in [4.78, 5) is 0. The van der Waals surface area contributed by atoms with Gasteiger partial charge in [0, 0.05) is 6.54 Å². The fraction of sp³-hybridized carbons (Fsp3) is 1.00. The van der Waals surface area contributed by atoms with Gasteiger partial charge in [-0.25, -0.2) is 0 Å². The Morgan fingerprint density at radius 1 is 1.33 bits per heavy atom. The molecule has 0 aliphatic carbocycles. The summed E-state index contributed by atoms with van der Waals surface area (Å²) in [7, 11) is 1.74. The van der Waals surface area contributed by atoms with E-state index < -0.39 is 12.2 Å². The van der Waals surface area contributed by atoms with Crippen LogP contribution in [-0.2, 0) is 0 Å². The molecule has 0 heterocycles. The van der Waals surface area contributed by atoms with Crippen molar-refractivity contribution in [1.29, 1.82) is 0 Å². The third kappa shape index (κ3) is 3.46. The van der Waals surface area contributed by atoms with Gasteiger partial charge in [-0.05, 0) is 13.5 Å². The molecule has 0 bridgehead atoms. The van der Waals surface area contributed by atoms with Gasteiger partial charge in [0.25, 0.3) is 0 Å². The Morgan fingerprint density at radius 2 is 1.89 bits per heavy atom. The highest BCUT2D eigenvalue weighted by atomic mass is 16.3. The summed E-state index contributed by atoms with van der Waals surface area (Å²) >= 11 is 0. The predicted molar refractivity (Wildman–Crippen MR) is 36.2 cm³/mol. The zero-order valence-electron chi connectivity index (χ0n) is 5.96. The summed E-state index contributed by atoms with van der Waals surface area (Å²) in [5, 5.41) is 20.7. The first-order chi connectivity index (χ1) is 4.22. The van der Waals surface area contributed by atoms with Crippen molar-refractivity contribution in [2.75, 3.05) is 13.6 Å².